The standard InChI is InChI=1S/C13H18FNO/c1-10-7-11(9-12(14)8-10)13(15)3-2-5-16-6-4-13/h7-9H,2-6,15H2,1H3. The van der Waals surface area contributed by atoms with E-state index in [9.17, 15) is 4.39 Å². The van der Waals surface area contributed by atoms with Gasteiger partial charge in [0.05, 0.1) is 0 Å². The van der Waals surface area contributed by atoms with Crippen molar-refractivity contribution in [2.75, 3.05) is 13.2 Å². The Morgan fingerprint density at radius 3 is 2.81 bits per heavy atom. The highest BCUT2D eigenvalue weighted by Crippen LogP contribution is 2.30. The maximum atomic E-state index is 13.4. The zero-order valence-electron chi connectivity index (χ0n) is 9.63. The van der Waals surface area contributed by atoms with Gasteiger partial charge in [0.1, 0.15) is 5.82 Å². The molecule has 2 rings (SSSR count). The molecule has 88 valence electrons. The van der Waals surface area contributed by atoms with Crippen LogP contribution >= 0.6 is 0 Å². The van der Waals surface area contributed by atoms with E-state index in [1.807, 2.05) is 13.0 Å². The lowest BCUT2D eigenvalue weighted by molar-refractivity contribution is 0.139. The fraction of sp³-hybridized carbons (Fsp3) is 0.538. The molecule has 2 nitrogen and oxygen atoms in total. The van der Waals surface area contributed by atoms with E-state index >= 15 is 0 Å². The molecular formula is C13H18FNO. The predicted octanol–water partition coefficient (Wildman–Crippen LogP) is 2.49. The average molecular weight is 223 g/mol. The number of hydrogen-bond acceptors (Lipinski definition) is 2. The highest BCUT2D eigenvalue weighted by atomic mass is 19.1. The third-order valence-electron chi connectivity index (χ3n) is 3.22. The Morgan fingerprint density at radius 1 is 1.25 bits per heavy atom. The monoisotopic (exact) mass is 223 g/mol. The van der Waals surface area contributed by atoms with Gasteiger partial charge < -0.3 is 10.5 Å². The van der Waals surface area contributed by atoms with Crippen molar-refractivity contribution in [3.63, 3.8) is 0 Å². The molecule has 1 aromatic rings. The SMILES string of the molecule is Cc1cc(F)cc(C2(N)CCCOCC2)c1. The van der Waals surface area contributed by atoms with E-state index < -0.39 is 5.54 Å². The van der Waals surface area contributed by atoms with Gasteiger partial charge in [0.15, 0.2) is 0 Å². The number of halogens is 1. The molecule has 0 aromatic heterocycles. The highest BCUT2D eigenvalue weighted by molar-refractivity contribution is 5.29. The smallest absolute Gasteiger partial charge is 0.123 e. The summed E-state index contributed by atoms with van der Waals surface area (Å²) in [6, 6.07) is 5.06. The molecule has 3 heteroatoms. The van der Waals surface area contributed by atoms with Gasteiger partial charge in [0, 0.05) is 18.8 Å². The summed E-state index contributed by atoms with van der Waals surface area (Å²) >= 11 is 0. The van der Waals surface area contributed by atoms with Crippen LogP contribution in [0.3, 0.4) is 0 Å². The number of benzene rings is 1. The Morgan fingerprint density at radius 2 is 2.06 bits per heavy atom. The molecule has 16 heavy (non-hydrogen) atoms. The summed E-state index contributed by atoms with van der Waals surface area (Å²) in [4.78, 5) is 0. The minimum Gasteiger partial charge on any atom is -0.381 e. The first-order valence-corrected chi connectivity index (χ1v) is 5.74. The summed E-state index contributed by atoms with van der Waals surface area (Å²) in [6.45, 7) is 3.31. The van der Waals surface area contributed by atoms with Crippen LogP contribution in [0.1, 0.15) is 30.4 Å². The molecule has 1 fully saturated rings. The van der Waals surface area contributed by atoms with Crippen LogP contribution in [0.25, 0.3) is 0 Å². The van der Waals surface area contributed by atoms with Crippen LogP contribution in [0.15, 0.2) is 18.2 Å². The van der Waals surface area contributed by atoms with Crippen LogP contribution in [-0.4, -0.2) is 13.2 Å². The second kappa shape index (κ2) is 4.52. The van der Waals surface area contributed by atoms with Crippen molar-refractivity contribution in [3.8, 4) is 0 Å². The lowest BCUT2D eigenvalue weighted by atomic mass is 9.83. The van der Waals surface area contributed by atoms with Crippen molar-refractivity contribution >= 4 is 0 Å². The van der Waals surface area contributed by atoms with Crippen LogP contribution in [-0.2, 0) is 10.3 Å². The molecular weight excluding hydrogens is 205 g/mol. The molecule has 1 aromatic carbocycles. The largest absolute Gasteiger partial charge is 0.381 e. The number of rotatable bonds is 1. The third-order valence-corrected chi connectivity index (χ3v) is 3.22. The first-order valence-electron chi connectivity index (χ1n) is 5.74. The summed E-state index contributed by atoms with van der Waals surface area (Å²) in [5.41, 5.74) is 7.76. The molecule has 0 spiro atoms. The molecule has 0 aliphatic carbocycles. The van der Waals surface area contributed by atoms with Crippen LogP contribution in [0, 0.1) is 12.7 Å². The van der Waals surface area contributed by atoms with E-state index in [-0.39, 0.29) is 5.82 Å². The normalized spacial score (nSPS) is 26.4. The van der Waals surface area contributed by atoms with Crippen LogP contribution < -0.4 is 5.73 Å². The molecule has 2 N–H and O–H groups in total. The third kappa shape index (κ3) is 2.42. The Bertz CT molecular complexity index is 350. The first kappa shape index (κ1) is 11.6. The van der Waals surface area contributed by atoms with E-state index in [4.69, 9.17) is 10.5 Å². The molecule has 0 saturated carbocycles. The van der Waals surface area contributed by atoms with Crippen molar-refractivity contribution in [2.45, 2.75) is 31.7 Å². The minimum atomic E-state index is -0.427. The highest BCUT2D eigenvalue weighted by Gasteiger charge is 2.29. The van der Waals surface area contributed by atoms with E-state index in [1.54, 1.807) is 6.07 Å². The van der Waals surface area contributed by atoms with Gasteiger partial charge in [-0.25, -0.2) is 4.39 Å². The Hall–Kier alpha value is -0.930. The molecule has 1 saturated heterocycles. The van der Waals surface area contributed by atoms with Crippen molar-refractivity contribution < 1.29 is 9.13 Å². The summed E-state index contributed by atoms with van der Waals surface area (Å²) in [7, 11) is 0. The summed E-state index contributed by atoms with van der Waals surface area (Å²) in [5.74, 6) is -0.204. The van der Waals surface area contributed by atoms with Gasteiger partial charge in [-0.3, -0.25) is 0 Å². The summed E-state index contributed by atoms with van der Waals surface area (Å²) in [6.07, 6.45) is 2.55. The lowest BCUT2D eigenvalue weighted by Crippen LogP contribution is -2.37. The van der Waals surface area contributed by atoms with E-state index in [2.05, 4.69) is 0 Å². The van der Waals surface area contributed by atoms with Gasteiger partial charge in [-0.2, -0.15) is 0 Å². The lowest BCUT2D eigenvalue weighted by Gasteiger charge is -2.28. The zero-order valence-corrected chi connectivity index (χ0v) is 9.63. The van der Waals surface area contributed by atoms with Gasteiger partial charge in [0.2, 0.25) is 0 Å². The van der Waals surface area contributed by atoms with Gasteiger partial charge >= 0.3 is 0 Å². The Balaban J connectivity index is 2.32. The average Bonchev–Trinajstić information content (AvgIpc) is 2.43. The Kier molecular flexibility index (Phi) is 3.26. The summed E-state index contributed by atoms with van der Waals surface area (Å²) < 4.78 is 18.8. The van der Waals surface area contributed by atoms with Crippen LogP contribution in [0.2, 0.25) is 0 Å². The van der Waals surface area contributed by atoms with Crippen molar-refractivity contribution in [1.82, 2.24) is 0 Å². The Labute approximate surface area is 95.6 Å². The van der Waals surface area contributed by atoms with Crippen LogP contribution in [0.4, 0.5) is 4.39 Å². The molecule has 0 bridgehead atoms. The van der Waals surface area contributed by atoms with E-state index in [0.717, 1.165) is 37.0 Å². The van der Waals surface area contributed by atoms with Crippen molar-refractivity contribution in [3.05, 3.63) is 35.1 Å². The fourth-order valence-corrected chi connectivity index (χ4v) is 2.28. The number of nitrogens with two attached hydrogens (primary N) is 1. The number of hydrogen-bond donors (Lipinski definition) is 1. The molecule has 1 atom stereocenters. The second-order valence-corrected chi connectivity index (χ2v) is 4.64. The molecule has 0 amide bonds. The van der Waals surface area contributed by atoms with Crippen LogP contribution in [0.5, 0.6) is 0 Å². The molecule has 1 aliphatic heterocycles. The van der Waals surface area contributed by atoms with E-state index in [0.29, 0.717) is 6.61 Å². The number of ether oxygens (including phenoxy) is 1. The molecule has 0 radical (unpaired) electrons. The van der Waals surface area contributed by atoms with Gasteiger partial charge in [-0.1, -0.05) is 6.07 Å². The second-order valence-electron chi connectivity index (χ2n) is 4.64. The van der Waals surface area contributed by atoms with Crippen molar-refractivity contribution in [2.24, 2.45) is 5.73 Å². The molecule has 1 aliphatic rings. The molecule has 1 heterocycles. The maximum Gasteiger partial charge on any atom is 0.123 e. The van der Waals surface area contributed by atoms with Crippen molar-refractivity contribution in [1.29, 1.82) is 0 Å². The fourth-order valence-electron chi connectivity index (χ4n) is 2.28. The van der Waals surface area contributed by atoms with Gasteiger partial charge in [0.25, 0.3) is 0 Å². The quantitative estimate of drug-likeness (QED) is 0.794. The zero-order chi connectivity index (χ0) is 11.6. The van der Waals surface area contributed by atoms with Gasteiger partial charge in [-0.05, 0) is 49.4 Å². The van der Waals surface area contributed by atoms with Gasteiger partial charge in [-0.15, -0.1) is 0 Å². The topological polar surface area (TPSA) is 35.2 Å². The first-order chi connectivity index (χ1) is 7.60. The van der Waals surface area contributed by atoms with E-state index in [1.165, 1.54) is 6.07 Å². The predicted molar refractivity (Wildman–Crippen MR) is 61.7 cm³/mol. The number of aryl methyl sites for hydroxylation is 1. The molecule has 1 unspecified atom stereocenters. The maximum absolute atomic E-state index is 13.4. The summed E-state index contributed by atoms with van der Waals surface area (Å²) in [5, 5.41) is 0. The minimum absolute atomic E-state index is 0.204.